The zero-order chi connectivity index (χ0) is 20.5. The summed E-state index contributed by atoms with van der Waals surface area (Å²) in [6.07, 6.45) is 11.0. The summed E-state index contributed by atoms with van der Waals surface area (Å²) in [4.78, 5) is 2.31. The maximum atomic E-state index is 9.82. The summed E-state index contributed by atoms with van der Waals surface area (Å²) in [5.74, 6) is 1.01. The molecule has 0 fully saturated rings. The van der Waals surface area contributed by atoms with E-state index in [1.54, 1.807) is 0 Å². The van der Waals surface area contributed by atoms with E-state index in [4.69, 9.17) is 5.10 Å². The zero-order valence-electron chi connectivity index (χ0n) is 17.6. The molecule has 0 bridgehead atoms. The molecule has 4 nitrogen and oxygen atoms in total. The van der Waals surface area contributed by atoms with Gasteiger partial charge in [-0.25, -0.2) is 0 Å². The molecular weight excluding hydrogens is 356 g/mol. The van der Waals surface area contributed by atoms with Gasteiger partial charge in [-0.2, -0.15) is 10.4 Å². The molecule has 0 saturated heterocycles. The molecule has 1 N–H and O–H groups in total. The van der Waals surface area contributed by atoms with Crippen LogP contribution in [-0.4, -0.2) is 16.9 Å². The predicted octanol–water partition coefficient (Wildman–Crippen LogP) is 5.17. The van der Waals surface area contributed by atoms with E-state index >= 15 is 0 Å². The Hall–Kier alpha value is -3.06. The monoisotopic (exact) mass is 384 g/mol. The van der Waals surface area contributed by atoms with Crippen LogP contribution in [0, 0.1) is 30.1 Å². The highest BCUT2D eigenvalue weighted by molar-refractivity contribution is 6.02. The van der Waals surface area contributed by atoms with Crippen molar-refractivity contribution in [1.29, 1.82) is 5.26 Å². The van der Waals surface area contributed by atoms with Crippen LogP contribution in [0.4, 0.5) is 0 Å². The molecule has 4 heteroatoms. The number of allylic oxidation sites excluding steroid dienone is 5. The Labute approximate surface area is 173 Å². The Morgan fingerprint density at radius 3 is 2.66 bits per heavy atom. The van der Waals surface area contributed by atoms with Crippen molar-refractivity contribution in [3.05, 3.63) is 82.1 Å². The highest BCUT2D eigenvalue weighted by atomic mass is 15.5. The number of aryl methyl sites for hydroxylation is 1. The number of nitrogens with one attached hydrogen (secondary N) is 1. The number of hydrogen-bond acceptors (Lipinski definition) is 4. The lowest BCUT2D eigenvalue weighted by atomic mass is 9.80. The fraction of sp³-hybridized carbons (Fsp3) is 0.360. The van der Waals surface area contributed by atoms with Gasteiger partial charge in [-0.15, -0.1) is 0 Å². The normalized spacial score (nSPS) is 26.5. The minimum absolute atomic E-state index is 0.0674. The van der Waals surface area contributed by atoms with Crippen molar-refractivity contribution in [1.82, 2.24) is 10.3 Å². The second-order valence-electron chi connectivity index (χ2n) is 8.18. The van der Waals surface area contributed by atoms with Crippen LogP contribution in [0.25, 0.3) is 0 Å². The molecule has 1 aliphatic heterocycles. The Morgan fingerprint density at radius 1 is 1.17 bits per heavy atom. The summed E-state index contributed by atoms with van der Waals surface area (Å²) in [6.45, 7) is 8.50. The second-order valence-corrected chi connectivity index (χ2v) is 8.18. The first-order chi connectivity index (χ1) is 14.0. The fourth-order valence-electron chi connectivity index (χ4n) is 4.68. The summed E-state index contributed by atoms with van der Waals surface area (Å²) in [5, 5.41) is 14.6. The van der Waals surface area contributed by atoms with Gasteiger partial charge in [0.25, 0.3) is 0 Å². The third kappa shape index (κ3) is 3.31. The molecule has 4 rings (SSSR count). The third-order valence-corrected chi connectivity index (χ3v) is 6.14. The Balaban J connectivity index is 1.87. The summed E-state index contributed by atoms with van der Waals surface area (Å²) < 4.78 is 0. The first-order valence-corrected chi connectivity index (χ1v) is 10.4. The zero-order valence-corrected chi connectivity index (χ0v) is 17.6. The number of rotatable bonds is 3. The van der Waals surface area contributed by atoms with Gasteiger partial charge in [0.1, 0.15) is 6.17 Å². The molecule has 3 atom stereocenters. The van der Waals surface area contributed by atoms with Gasteiger partial charge in [-0.1, -0.05) is 55.5 Å². The maximum Gasteiger partial charge on any atom is 0.162 e. The van der Waals surface area contributed by atoms with Gasteiger partial charge in [0, 0.05) is 11.3 Å². The molecule has 0 radical (unpaired) electrons. The molecule has 0 saturated carbocycles. The summed E-state index contributed by atoms with van der Waals surface area (Å²) in [5.41, 5.74) is 10.4. The molecular formula is C25H28N4. The van der Waals surface area contributed by atoms with E-state index < -0.39 is 0 Å². The van der Waals surface area contributed by atoms with E-state index in [9.17, 15) is 5.26 Å². The van der Waals surface area contributed by atoms with Gasteiger partial charge in [0.15, 0.2) is 5.84 Å². The van der Waals surface area contributed by atoms with Gasteiger partial charge >= 0.3 is 0 Å². The quantitative estimate of drug-likeness (QED) is 0.782. The smallest absolute Gasteiger partial charge is 0.162 e. The van der Waals surface area contributed by atoms with Gasteiger partial charge in [-0.05, 0) is 61.8 Å². The molecule has 29 heavy (non-hydrogen) atoms. The van der Waals surface area contributed by atoms with E-state index in [-0.39, 0.29) is 18.0 Å². The van der Waals surface area contributed by atoms with Crippen molar-refractivity contribution in [2.24, 2.45) is 16.9 Å². The second kappa shape index (κ2) is 7.75. The van der Waals surface area contributed by atoms with Crippen molar-refractivity contribution >= 4 is 5.84 Å². The van der Waals surface area contributed by atoms with Crippen molar-refractivity contribution in [2.45, 2.75) is 46.7 Å². The van der Waals surface area contributed by atoms with Crippen molar-refractivity contribution in [3.63, 3.8) is 0 Å². The molecule has 0 spiro atoms. The Morgan fingerprint density at radius 2 is 1.97 bits per heavy atom. The van der Waals surface area contributed by atoms with Crippen molar-refractivity contribution in [2.75, 3.05) is 0 Å². The molecule has 0 aromatic heterocycles. The first kappa shape index (κ1) is 19.3. The standard InChI is InChI=1S/C25H28N4/c1-16-10-8-9-13-21(16)25-28-27-24(20-11-6-5-7-12-20)29(25)23-18(3)14-17(2)22(15-26)19(23)4/h6,8-14,17,22,24,27H,5,7H2,1-4H3/t17?,22?,24-/m0/s1. The molecule has 3 aliphatic rings. The largest absolute Gasteiger partial charge is 0.298 e. The van der Waals surface area contributed by atoms with Gasteiger partial charge in [0.05, 0.1) is 12.0 Å². The van der Waals surface area contributed by atoms with E-state index in [1.807, 2.05) is 0 Å². The van der Waals surface area contributed by atoms with Crippen LogP contribution in [0.15, 0.2) is 76.1 Å². The van der Waals surface area contributed by atoms with E-state index in [0.717, 1.165) is 35.5 Å². The lowest BCUT2D eigenvalue weighted by molar-refractivity contribution is 0.395. The minimum atomic E-state index is -0.121. The summed E-state index contributed by atoms with van der Waals surface area (Å²) in [7, 11) is 0. The molecule has 2 aliphatic carbocycles. The molecule has 148 valence electrons. The van der Waals surface area contributed by atoms with E-state index in [2.05, 4.69) is 92.7 Å². The van der Waals surface area contributed by atoms with Crippen LogP contribution >= 0.6 is 0 Å². The average Bonchev–Trinajstić information content (AvgIpc) is 3.13. The number of hydrogen-bond donors (Lipinski definition) is 1. The maximum absolute atomic E-state index is 9.82. The number of hydrazone groups is 1. The van der Waals surface area contributed by atoms with Gasteiger partial charge in [0.2, 0.25) is 0 Å². The van der Waals surface area contributed by atoms with Crippen LogP contribution in [0.2, 0.25) is 0 Å². The number of benzene rings is 1. The summed E-state index contributed by atoms with van der Waals surface area (Å²) >= 11 is 0. The number of nitriles is 1. The highest BCUT2D eigenvalue weighted by Gasteiger charge is 2.38. The van der Waals surface area contributed by atoms with Crippen LogP contribution in [-0.2, 0) is 0 Å². The van der Waals surface area contributed by atoms with Crippen molar-refractivity contribution in [3.8, 4) is 6.07 Å². The Kier molecular flexibility index (Phi) is 5.15. The van der Waals surface area contributed by atoms with Crippen LogP contribution < -0.4 is 5.43 Å². The van der Waals surface area contributed by atoms with E-state index in [1.165, 1.54) is 16.7 Å². The topological polar surface area (TPSA) is 51.4 Å². The van der Waals surface area contributed by atoms with Crippen LogP contribution in [0.5, 0.6) is 0 Å². The highest BCUT2D eigenvalue weighted by Crippen LogP contribution is 2.39. The molecule has 0 amide bonds. The molecule has 2 unspecified atom stereocenters. The first-order valence-electron chi connectivity index (χ1n) is 10.4. The molecule has 1 aromatic rings. The predicted molar refractivity (Wildman–Crippen MR) is 118 cm³/mol. The van der Waals surface area contributed by atoms with Crippen molar-refractivity contribution < 1.29 is 0 Å². The van der Waals surface area contributed by atoms with Crippen LogP contribution in [0.3, 0.4) is 0 Å². The molecule has 1 heterocycles. The van der Waals surface area contributed by atoms with E-state index in [0.29, 0.717) is 0 Å². The van der Waals surface area contributed by atoms with Gasteiger partial charge in [-0.3, -0.25) is 10.3 Å². The average molecular weight is 385 g/mol. The van der Waals surface area contributed by atoms with Gasteiger partial charge < -0.3 is 0 Å². The number of nitrogens with zero attached hydrogens (tertiary/aromatic N) is 3. The third-order valence-electron chi connectivity index (χ3n) is 6.14. The van der Waals surface area contributed by atoms with Crippen LogP contribution in [0.1, 0.15) is 44.7 Å². The lowest BCUT2D eigenvalue weighted by Crippen LogP contribution is -2.43. The Bertz CT molecular complexity index is 1020. The summed E-state index contributed by atoms with van der Waals surface area (Å²) in [6, 6.07) is 10.9. The SMILES string of the molecule is CC1=CC(C)C(C#N)C(C)=C1N1C(c2ccccc2C)=NN[C@@H]1C1=CCCC=C1. The fourth-order valence-corrected chi connectivity index (χ4v) is 4.68. The lowest BCUT2D eigenvalue weighted by Gasteiger charge is -2.37. The molecule has 1 aromatic carbocycles. The number of amidine groups is 1. The minimum Gasteiger partial charge on any atom is -0.298 e.